The molecule has 0 amide bonds. The van der Waals surface area contributed by atoms with Crippen LogP contribution in [-0.2, 0) is 10.8 Å². The summed E-state index contributed by atoms with van der Waals surface area (Å²) in [5, 5.41) is 8.75. The normalized spacial score (nSPS) is 11.4. The summed E-state index contributed by atoms with van der Waals surface area (Å²) in [7, 11) is -1.45. The van der Waals surface area contributed by atoms with Crippen LogP contribution in [0.15, 0.2) is 36.6 Å². The topological polar surface area (TPSA) is 33.0 Å². The summed E-state index contributed by atoms with van der Waals surface area (Å²) in [6.45, 7) is 6.44. The van der Waals surface area contributed by atoms with Crippen molar-refractivity contribution in [2.45, 2.75) is 26.1 Å². The fourth-order valence-electron chi connectivity index (χ4n) is 1.20. The Morgan fingerprint density at radius 1 is 1.38 bits per heavy atom. The molecule has 0 aliphatic heterocycles. The van der Waals surface area contributed by atoms with E-state index < -0.39 is 8.32 Å². The van der Waals surface area contributed by atoms with Crippen molar-refractivity contribution < 1.29 is 4.43 Å². The molecule has 0 fully saturated rings. The third-order valence-electron chi connectivity index (χ3n) is 1.93. The lowest BCUT2D eigenvalue weighted by atomic mass is 10.1. The minimum absolute atomic E-state index is 0.706. The predicted octanol–water partition coefficient (Wildman–Crippen LogP) is 3.47. The van der Waals surface area contributed by atoms with E-state index in [9.17, 15) is 0 Å². The van der Waals surface area contributed by atoms with Gasteiger partial charge in [0.15, 0.2) is 0 Å². The molecule has 84 valence electrons. The van der Waals surface area contributed by atoms with Gasteiger partial charge in [0.05, 0.1) is 17.9 Å². The van der Waals surface area contributed by atoms with Gasteiger partial charge in [0.1, 0.15) is 0 Å². The molecule has 0 aliphatic rings. The number of hydrogen-bond acceptors (Lipinski definition) is 2. The summed E-state index contributed by atoms with van der Waals surface area (Å²) in [5.74, 6) is 0. The SMILES string of the molecule is C[Si](C)(C)OC=CCc1cccc(C#N)c1. The highest BCUT2D eigenvalue weighted by molar-refractivity contribution is 6.69. The molecular formula is C13H17NOSi. The Morgan fingerprint density at radius 3 is 2.75 bits per heavy atom. The van der Waals surface area contributed by atoms with Gasteiger partial charge in [0.25, 0.3) is 0 Å². The lowest BCUT2D eigenvalue weighted by Crippen LogP contribution is -2.21. The highest BCUT2D eigenvalue weighted by atomic mass is 28.4. The summed E-state index contributed by atoms with van der Waals surface area (Å²) in [4.78, 5) is 0. The van der Waals surface area contributed by atoms with Crippen molar-refractivity contribution in [1.82, 2.24) is 0 Å². The van der Waals surface area contributed by atoms with Gasteiger partial charge in [-0.05, 0) is 49.8 Å². The Labute approximate surface area is 98.3 Å². The van der Waals surface area contributed by atoms with Crippen LogP contribution in [-0.4, -0.2) is 8.32 Å². The molecule has 3 heteroatoms. The lowest BCUT2D eigenvalue weighted by Gasteiger charge is -2.14. The molecule has 0 unspecified atom stereocenters. The summed E-state index contributed by atoms with van der Waals surface area (Å²) in [5.41, 5.74) is 1.84. The maximum absolute atomic E-state index is 8.75. The Kier molecular flexibility index (Phi) is 4.33. The molecule has 0 saturated heterocycles. The molecule has 1 rings (SSSR count). The Morgan fingerprint density at radius 2 is 2.12 bits per heavy atom. The zero-order chi connectivity index (χ0) is 12.0. The fraction of sp³-hybridized carbons (Fsp3) is 0.308. The third-order valence-corrected chi connectivity index (χ3v) is 2.77. The van der Waals surface area contributed by atoms with Crippen molar-refractivity contribution in [3.63, 3.8) is 0 Å². The van der Waals surface area contributed by atoms with Crippen molar-refractivity contribution in [1.29, 1.82) is 5.26 Å². The summed E-state index contributed by atoms with van der Waals surface area (Å²) in [6, 6.07) is 9.76. The Bertz CT molecular complexity index is 413. The van der Waals surface area contributed by atoms with Crippen molar-refractivity contribution in [2.75, 3.05) is 0 Å². The number of rotatable bonds is 4. The molecule has 0 bridgehead atoms. The van der Waals surface area contributed by atoms with E-state index in [0.717, 1.165) is 12.0 Å². The average Bonchev–Trinajstić information content (AvgIpc) is 2.23. The zero-order valence-corrected chi connectivity index (χ0v) is 11.0. The van der Waals surface area contributed by atoms with E-state index in [4.69, 9.17) is 9.69 Å². The molecule has 0 N–H and O–H groups in total. The first kappa shape index (κ1) is 12.5. The monoisotopic (exact) mass is 231 g/mol. The first-order chi connectivity index (χ1) is 7.51. The molecular weight excluding hydrogens is 214 g/mol. The van der Waals surface area contributed by atoms with E-state index >= 15 is 0 Å². The molecule has 0 atom stereocenters. The number of benzene rings is 1. The molecule has 1 aromatic rings. The van der Waals surface area contributed by atoms with Crippen molar-refractivity contribution >= 4 is 8.32 Å². The van der Waals surface area contributed by atoms with E-state index in [0.29, 0.717) is 5.56 Å². The molecule has 16 heavy (non-hydrogen) atoms. The van der Waals surface area contributed by atoms with Gasteiger partial charge in [0, 0.05) is 0 Å². The highest BCUT2D eigenvalue weighted by Crippen LogP contribution is 2.07. The van der Waals surface area contributed by atoms with Gasteiger partial charge < -0.3 is 4.43 Å². The standard InChI is InChI=1S/C13H17NOSi/c1-16(2,3)15-9-5-8-12-6-4-7-13(10-12)11-14/h4-7,9-10H,8H2,1-3H3. The van der Waals surface area contributed by atoms with Crippen molar-refractivity contribution in [3.8, 4) is 6.07 Å². The average molecular weight is 231 g/mol. The highest BCUT2D eigenvalue weighted by Gasteiger charge is 2.12. The first-order valence-electron chi connectivity index (χ1n) is 5.33. The number of hydrogen-bond donors (Lipinski definition) is 0. The second-order valence-electron chi connectivity index (χ2n) is 4.62. The van der Waals surface area contributed by atoms with Crippen molar-refractivity contribution in [2.24, 2.45) is 0 Å². The second-order valence-corrected chi connectivity index (χ2v) is 9.08. The molecule has 0 saturated carbocycles. The van der Waals surface area contributed by atoms with Crippen LogP contribution in [0.25, 0.3) is 0 Å². The van der Waals surface area contributed by atoms with Crippen LogP contribution >= 0.6 is 0 Å². The molecule has 0 radical (unpaired) electrons. The minimum Gasteiger partial charge on any atom is -0.550 e. The van der Waals surface area contributed by atoms with Crippen molar-refractivity contribution in [3.05, 3.63) is 47.7 Å². The van der Waals surface area contributed by atoms with Gasteiger partial charge in [-0.3, -0.25) is 0 Å². The molecule has 0 aliphatic carbocycles. The van der Waals surface area contributed by atoms with Gasteiger partial charge in [-0.15, -0.1) is 0 Å². The van der Waals surface area contributed by atoms with Gasteiger partial charge in [-0.2, -0.15) is 5.26 Å². The van der Waals surface area contributed by atoms with Gasteiger partial charge >= 0.3 is 0 Å². The predicted molar refractivity (Wildman–Crippen MR) is 68.4 cm³/mol. The Hall–Kier alpha value is -1.53. The maximum atomic E-state index is 8.75. The maximum Gasteiger partial charge on any atom is 0.241 e. The molecule has 0 aromatic heterocycles. The summed E-state index contributed by atoms with van der Waals surface area (Å²) < 4.78 is 5.60. The van der Waals surface area contributed by atoms with E-state index in [1.54, 1.807) is 6.26 Å². The van der Waals surface area contributed by atoms with Crippen LogP contribution in [0.4, 0.5) is 0 Å². The lowest BCUT2D eigenvalue weighted by molar-refractivity contribution is 0.477. The van der Waals surface area contributed by atoms with E-state index in [2.05, 4.69) is 25.7 Å². The van der Waals surface area contributed by atoms with Crippen LogP contribution < -0.4 is 0 Å². The molecule has 1 aromatic carbocycles. The minimum atomic E-state index is -1.45. The number of allylic oxidation sites excluding steroid dienone is 1. The van der Waals surface area contributed by atoms with Gasteiger partial charge in [-0.25, -0.2) is 0 Å². The summed E-state index contributed by atoms with van der Waals surface area (Å²) in [6.07, 6.45) is 4.58. The zero-order valence-electron chi connectivity index (χ0n) is 10.0. The third kappa shape index (κ3) is 4.81. The smallest absolute Gasteiger partial charge is 0.241 e. The summed E-state index contributed by atoms with van der Waals surface area (Å²) >= 11 is 0. The largest absolute Gasteiger partial charge is 0.550 e. The van der Waals surface area contributed by atoms with E-state index in [-0.39, 0.29) is 0 Å². The van der Waals surface area contributed by atoms with E-state index in [1.165, 1.54) is 0 Å². The quantitative estimate of drug-likeness (QED) is 0.587. The molecule has 0 heterocycles. The van der Waals surface area contributed by atoms with Crippen LogP contribution in [0, 0.1) is 11.3 Å². The molecule has 0 spiro atoms. The Balaban J connectivity index is 2.52. The number of nitriles is 1. The van der Waals surface area contributed by atoms with Gasteiger partial charge in [-0.1, -0.05) is 12.1 Å². The number of nitrogens with zero attached hydrogens (tertiary/aromatic N) is 1. The first-order valence-corrected chi connectivity index (χ1v) is 8.74. The van der Waals surface area contributed by atoms with E-state index in [1.807, 2.05) is 30.3 Å². The van der Waals surface area contributed by atoms with Crippen LogP contribution in [0.1, 0.15) is 11.1 Å². The fourth-order valence-corrected chi connectivity index (χ4v) is 1.71. The second kappa shape index (κ2) is 5.52. The van der Waals surface area contributed by atoms with Crippen LogP contribution in [0.2, 0.25) is 19.6 Å². The van der Waals surface area contributed by atoms with Crippen LogP contribution in [0.3, 0.4) is 0 Å². The molecule has 2 nitrogen and oxygen atoms in total. The van der Waals surface area contributed by atoms with Gasteiger partial charge in [0.2, 0.25) is 8.32 Å². The van der Waals surface area contributed by atoms with Crippen LogP contribution in [0.5, 0.6) is 0 Å².